The van der Waals surface area contributed by atoms with E-state index in [9.17, 15) is 4.79 Å². The number of carbonyl (C=O) groups is 1. The Balaban J connectivity index is 2.09. The molecule has 0 amide bonds. The Morgan fingerprint density at radius 3 is 2.90 bits per heavy atom. The minimum atomic E-state index is -0.0318. The third-order valence-corrected chi connectivity index (χ3v) is 4.53. The van der Waals surface area contributed by atoms with Gasteiger partial charge in [-0.1, -0.05) is 23.7 Å². The molecule has 2 aromatic rings. The maximum absolute atomic E-state index is 12.7. The first-order valence-electron chi connectivity index (χ1n) is 6.41. The molecule has 0 saturated carbocycles. The summed E-state index contributed by atoms with van der Waals surface area (Å²) in [6.07, 6.45) is 1.96. The van der Waals surface area contributed by atoms with Crippen LogP contribution in [0, 0.1) is 3.57 Å². The van der Waals surface area contributed by atoms with Crippen molar-refractivity contribution >= 4 is 40.0 Å². The van der Waals surface area contributed by atoms with Crippen molar-refractivity contribution < 1.29 is 9.53 Å². The smallest absolute Gasteiger partial charge is 0.197 e. The summed E-state index contributed by atoms with van der Waals surface area (Å²) in [6.45, 7) is 0.671. The topological polar surface area (TPSA) is 26.3 Å². The molecule has 0 saturated heterocycles. The van der Waals surface area contributed by atoms with Crippen molar-refractivity contribution in [3.8, 4) is 5.75 Å². The predicted octanol–water partition coefficient (Wildman–Crippen LogP) is 4.50. The lowest BCUT2D eigenvalue weighted by Crippen LogP contribution is -2.14. The van der Waals surface area contributed by atoms with Crippen molar-refractivity contribution in [3.05, 3.63) is 61.7 Å². The van der Waals surface area contributed by atoms with E-state index in [4.69, 9.17) is 16.3 Å². The Hall–Kier alpha value is -1.07. The molecule has 102 valence electrons. The van der Waals surface area contributed by atoms with Crippen molar-refractivity contribution in [3.63, 3.8) is 0 Å². The van der Waals surface area contributed by atoms with Crippen molar-refractivity contribution in [2.24, 2.45) is 0 Å². The number of halogens is 2. The Bertz CT molecular complexity index is 682. The third-order valence-electron chi connectivity index (χ3n) is 3.35. The standard InChI is InChI=1S/C16H12ClIO2/c17-11-6-7-14(18)13(9-11)15(19)12-5-1-3-10-4-2-8-20-16(10)12/h1,3,5-7,9H,2,4,8H2. The summed E-state index contributed by atoms with van der Waals surface area (Å²) in [6, 6.07) is 11.1. The van der Waals surface area contributed by atoms with Gasteiger partial charge in [0, 0.05) is 14.2 Å². The average molecular weight is 399 g/mol. The van der Waals surface area contributed by atoms with E-state index in [0.717, 1.165) is 27.7 Å². The SMILES string of the molecule is O=C(c1cc(Cl)ccc1I)c1cccc2c1OCCC2. The summed E-state index contributed by atoms with van der Waals surface area (Å²) < 4.78 is 6.60. The number of carbonyl (C=O) groups excluding carboxylic acids is 1. The van der Waals surface area contributed by atoms with Gasteiger partial charge < -0.3 is 4.74 Å². The van der Waals surface area contributed by atoms with Gasteiger partial charge in [0.2, 0.25) is 0 Å². The van der Waals surface area contributed by atoms with Crippen LogP contribution in [0.4, 0.5) is 0 Å². The highest BCUT2D eigenvalue weighted by Gasteiger charge is 2.21. The van der Waals surface area contributed by atoms with Crippen molar-refractivity contribution in [2.45, 2.75) is 12.8 Å². The third kappa shape index (κ3) is 2.56. The highest BCUT2D eigenvalue weighted by Crippen LogP contribution is 2.31. The van der Waals surface area contributed by atoms with Crippen LogP contribution in [0.5, 0.6) is 5.75 Å². The molecule has 2 nitrogen and oxygen atoms in total. The fourth-order valence-corrected chi connectivity index (χ4v) is 3.14. The fourth-order valence-electron chi connectivity index (χ4n) is 2.38. The monoisotopic (exact) mass is 398 g/mol. The molecule has 0 atom stereocenters. The van der Waals surface area contributed by atoms with Crippen LogP contribution in [0.1, 0.15) is 27.9 Å². The van der Waals surface area contributed by atoms with Crippen molar-refractivity contribution in [1.29, 1.82) is 0 Å². The van der Waals surface area contributed by atoms with Gasteiger partial charge in [-0.15, -0.1) is 0 Å². The van der Waals surface area contributed by atoms with E-state index < -0.39 is 0 Å². The van der Waals surface area contributed by atoms with Gasteiger partial charge >= 0.3 is 0 Å². The lowest BCUT2D eigenvalue weighted by molar-refractivity contribution is 0.103. The van der Waals surface area contributed by atoms with Crippen molar-refractivity contribution in [1.82, 2.24) is 0 Å². The molecule has 0 bridgehead atoms. The molecule has 0 radical (unpaired) electrons. The molecule has 0 unspecified atom stereocenters. The number of ether oxygens (including phenoxy) is 1. The number of aryl methyl sites for hydroxylation is 1. The molecule has 0 fully saturated rings. The number of benzene rings is 2. The van der Waals surface area contributed by atoms with E-state index in [2.05, 4.69) is 22.6 Å². The number of ketones is 1. The molecule has 0 aliphatic carbocycles. The Morgan fingerprint density at radius 1 is 1.20 bits per heavy atom. The van der Waals surface area contributed by atoms with E-state index in [1.807, 2.05) is 24.3 Å². The Kier molecular flexibility index (Phi) is 3.98. The summed E-state index contributed by atoms with van der Waals surface area (Å²) >= 11 is 8.16. The summed E-state index contributed by atoms with van der Waals surface area (Å²) in [7, 11) is 0. The molecule has 1 aliphatic heterocycles. The number of fused-ring (bicyclic) bond motifs is 1. The lowest BCUT2D eigenvalue weighted by Gasteiger charge is -2.20. The number of rotatable bonds is 2. The highest BCUT2D eigenvalue weighted by molar-refractivity contribution is 14.1. The minimum Gasteiger partial charge on any atom is -0.493 e. The lowest BCUT2D eigenvalue weighted by atomic mass is 9.97. The Morgan fingerprint density at radius 2 is 2.05 bits per heavy atom. The number of hydrogen-bond acceptors (Lipinski definition) is 2. The predicted molar refractivity (Wildman–Crippen MR) is 87.9 cm³/mol. The van der Waals surface area contributed by atoms with Crippen LogP contribution in [-0.4, -0.2) is 12.4 Å². The largest absolute Gasteiger partial charge is 0.493 e. The number of para-hydroxylation sites is 1. The molecule has 2 aromatic carbocycles. The maximum Gasteiger partial charge on any atom is 0.197 e. The summed E-state index contributed by atoms with van der Waals surface area (Å²) in [5.41, 5.74) is 2.36. The van der Waals surface area contributed by atoms with E-state index in [1.165, 1.54) is 0 Å². The zero-order valence-electron chi connectivity index (χ0n) is 10.7. The highest BCUT2D eigenvalue weighted by atomic mass is 127. The summed E-state index contributed by atoms with van der Waals surface area (Å²) in [5.74, 6) is 0.704. The molecule has 0 N–H and O–H groups in total. The molecule has 0 aromatic heterocycles. The first-order chi connectivity index (χ1) is 9.66. The first kappa shape index (κ1) is 13.9. The molecule has 4 heteroatoms. The quantitative estimate of drug-likeness (QED) is 0.550. The van der Waals surface area contributed by atoms with Gasteiger partial charge in [0.15, 0.2) is 5.78 Å². The summed E-state index contributed by atoms with van der Waals surface area (Å²) in [4.78, 5) is 12.7. The van der Waals surface area contributed by atoms with Gasteiger partial charge in [-0.25, -0.2) is 0 Å². The molecule has 20 heavy (non-hydrogen) atoms. The van der Waals surface area contributed by atoms with E-state index in [1.54, 1.807) is 12.1 Å². The van der Waals surface area contributed by atoms with E-state index in [-0.39, 0.29) is 5.78 Å². The van der Waals surface area contributed by atoms with Gasteiger partial charge in [-0.05, 0) is 65.3 Å². The van der Waals surface area contributed by atoms with Crippen LogP contribution in [0.3, 0.4) is 0 Å². The normalized spacial score (nSPS) is 13.5. The van der Waals surface area contributed by atoms with Crippen LogP contribution in [0.2, 0.25) is 5.02 Å². The molecule has 3 rings (SSSR count). The molecule has 0 spiro atoms. The number of hydrogen-bond donors (Lipinski definition) is 0. The van der Waals surface area contributed by atoms with Gasteiger partial charge in [-0.2, -0.15) is 0 Å². The first-order valence-corrected chi connectivity index (χ1v) is 7.87. The van der Waals surface area contributed by atoms with Crippen LogP contribution in [0.15, 0.2) is 36.4 Å². The van der Waals surface area contributed by atoms with E-state index >= 15 is 0 Å². The second-order valence-electron chi connectivity index (χ2n) is 4.70. The minimum absolute atomic E-state index is 0.0318. The van der Waals surface area contributed by atoms with Crippen molar-refractivity contribution in [2.75, 3.05) is 6.61 Å². The zero-order chi connectivity index (χ0) is 14.1. The second kappa shape index (κ2) is 5.74. The van der Waals surface area contributed by atoms with Crippen LogP contribution in [-0.2, 0) is 6.42 Å². The zero-order valence-corrected chi connectivity index (χ0v) is 13.6. The average Bonchev–Trinajstić information content (AvgIpc) is 2.48. The van der Waals surface area contributed by atoms with E-state index in [0.29, 0.717) is 22.8 Å². The fraction of sp³-hybridized carbons (Fsp3) is 0.188. The van der Waals surface area contributed by atoms with Gasteiger partial charge in [0.05, 0.1) is 12.2 Å². The van der Waals surface area contributed by atoms with Crippen LogP contribution in [0.25, 0.3) is 0 Å². The summed E-state index contributed by atoms with van der Waals surface area (Å²) in [5, 5.41) is 0.569. The van der Waals surface area contributed by atoms with Crippen LogP contribution < -0.4 is 4.74 Å². The molecule has 1 heterocycles. The van der Waals surface area contributed by atoms with Gasteiger partial charge in [0.1, 0.15) is 5.75 Å². The van der Waals surface area contributed by atoms with Gasteiger partial charge in [-0.3, -0.25) is 4.79 Å². The molecular weight excluding hydrogens is 387 g/mol. The van der Waals surface area contributed by atoms with Crippen LogP contribution >= 0.6 is 34.2 Å². The second-order valence-corrected chi connectivity index (χ2v) is 6.30. The Labute approximate surface area is 136 Å². The maximum atomic E-state index is 12.7. The van der Waals surface area contributed by atoms with Gasteiger partial charge in [0.25, 0.3) is 0 Å². The molecular formula is C16H12ClIO2. The molecule has 1 aliphatic rings.